The van der Waals surface area contributed by atoms with Gasteiger partial charge in [0.2, 0.25) is 0 Å². The molecule has 4 nitrogen and oxygen atoms in total. The van der Waals surface area contributed by atoms with Gasteiger partial charge in [0.1, 0.15) is 5.75 Å². The molecule has 1 aromatic carbocycles. The van der Waals surface area contributed by atoms with Crippen LogP contribution < -0.4 is 4.74 Å². The van der Waals surface area contributed by atoms with Gasteiger partial charge in [-0.1, -0.05) is 0 Å². The fourth-order valence-corrected chi connectivity index (χ4v) is 2.97. The zero-order chi connectivity index (χ0) is 14.6. The molecule has 0 aliphatic carbocycles. The van der Waals surface area contributed by atoms with Crippen LogP contribution in [0.2, 0.25) is 0 Å². The molecule has 0 bridgehead atoms. The van der Waals surface area contributed by atoms with Crippen LogP contribution >= 0.6 is 10.7 Å². The Kier molecular flexibility index (Phi) is 5.64. The Labute approximate surface area is 119 Å². The molecule has 6 heteroatoms. The van der Waals surface area contributed by atoms with E-state index in [0.717, 1.165) is 12.0 Å². The summed E-state index contributed by atoms with van der Waals surface area (Å²) in [5.74, 6) is 0.671. The van der Waals surface area contributed by atoms with E-state index in [1.165, 1.54) is 6.07 Å². The topological polar surface area (TPSA) is 52.6 Å². The summed E-state index contributed by atoms with van der Waals surface area (Å²) in [6, 6.07) is 3.12. The van der Waals surface area contributed by atoms with E-state index in [2.05, 4.69) is 0 Å². The Hall–Kier alpha value is -0.780. The van der Waals surface area contributed by atoms with Gasteiger partial charge in [0.15, 0.2) is 0 Å². The van der Waals surface area contributed by atoms with E-state index in [-0.39, 0.29) is 11.0 Å². The average Bonchev–Trinajstić information content (AvgIpc) is 2.31. The van der Waals surface area contributed by atoms with Gasteiger partial charge in [-0.2, -0.15) is 0 Å². The van der Waals surface area contributed by atoms with Gasteiger partial charge in [-0.05, 0) is 44.0 Å². The van der Waals surface area contributed by atoms with E-state index in [4.69, 9.17) is 20.2 Å². The molecule has 0 aliphatic heterocycles. The largest absolute Gasteiger partial charge is 0.490 e. The van der Waals surface area contributed by atoms with Gasteiger partial charge < -0.3 is 9.47 Å². The van der Waals surface area contributed by atoms with Crippen molar-refractivity contribution in [1.29, 1.82) is 0 Å². The fraction of sp³-hybridized carbons (Fsp3) is 0.538. The van der Waals surface area contributed by atoms with Crippen molar-refractivity contribution in [3.8, 4) is 5.75 Å². The van der Waals surface area contributed by atoms with Gasteiger partial charge >= 0.3 is 0 Å². The number of halogens is 1. The maximum absolute atomic E-state index is 11.4. The molecule has 0 heterocycles. The van der Waals surface area contributed by atoms with Crippen LogP contribution in [-0.2, 0) is 13.8 Å². The number of ether oxygens (including phenoxy) is 2. The van der Waals surface area contributed by atoms with Gasteiger partial charge in [0.25, 0.3) is 9.05 Å². The van der Waals surface area contributed by atoms with E-state index < -0.39 is 9.05 Å². The predicted octanol–water partition coefficient (Wildman–Crippen LogP) is 3.03. The molecule has 0 aliphatic rings. The SMILES string of the molecule is COCCC(C)Oc1ccc(S(=O)(=O)Cl)c(C)c1C. The van der Waals surface area contributed by atoms with Crippen molar-refractivity contribution < 1.29 is 17.9 Å². The zero-order valence-corrected chi connectivity index (χ0v) is 13.1. The maximum atomic E-state index is 11.4. The van der Waals surface area contributed by atoms with Gasteiger partial charge in [-0.15, -0.1) is 0 Å². The van der Waals surface area contributed by atoms with Gasteiger partial charge in [-0.3, -0.25) is 0 Å². The standard InChI is InChI=1S/C13H19ClO4S/c1-9(7-8-17-4)18-12-5-6-13(19(14,15)16)11(3)10(12)2/h5-6,9H,7-8H2,1-4H3. The Morgan fingerprint density at radius 1 is 1.26 bits per heavy atom. The molecule has 0 fully saturated rings. The fourth-order valence-electron chi connectivity index (χ4n) is 1.72. The molecule has 0 radical (unpaired) electrons. The van der Waals surface area contributed by atoms with Crippen molar-refractivity contribution in [1.82, 2.24) is 0 Å². The first kappa shape index (κ1) is 16.3. The molecular weight excluding hydrogens is 288 g/mol. The summed E-state index contributed by atoms with van der Waals surface area (Å²) in [6.07, 6.45) is 0.765. The molecule has 19 heavy (non-hydrogen) atoms. The molecule has 1 aromatic rings. The molecule has 0 saturated heterocycles. The second-order valence-electron chi connectivity index (χ2n) is 4.46. The number of hydrogen-bond donors (Lipinski definition) is 0. The smallest absolute Gasteiger partial charge is 0.261 e. The lowest BCUT2D eigenvalue weighted by Crippen LogP contribution is -2.15. The lowest BCUT2D eigenvalue weighted by Gasteiger charge is -2.18. The van der Waals surface area contributed by atoms with Crippen LogP contribution in [-0.4, -0.2) is 28.2 Å². The first-order chi connectivity index (χ1) is 8.77. The number of benzene rings is 1. The Morgan fingerprint density at radius 3 is 2.42 bits per heavy atom. The molecule has 0 N–H and O–H groups in total. The molecule has 0 saturated carbocycles. The van der Waals surface area contributed by atoms with E-state index >= 15 is 0 Å². The van der Waals surface area contributed by atoms with Crippen LogP contribution in [0.1, 0.15) is 24.5 Å². The Morgan fingerprint density at radius 2 is 1.89 bits per heavy atom. The second kappa shape index (κ2) is 6.59. The van der Waals surface area contributed by atoms with Crippen LogP contribution in [0.25, 0.3) is 0 Å². The zero-order valence-electron chi connectivity index (χ0n) is 11.6. The van der Waals surface area contributed by atoms with Crippen LogP contribution in [0.15, 0.2) is 17.0 Å². The third-order valence-corrected chi connectivity index (χ3v) is 4.47. The normalized spacial score (nSPS) is 13.3. The third kappa shape index (κ3) is 4.37. The molecule has 1 atom stereocenters. The minimum atomic E-state index is -3.72. The quantitative estimate of drug-likeness (QED) is 0.758. The first-order valence-corrected chi connectivity index (χ1v) is 8.28. The highest BCUT2D eigenvalue weighted by molar-refractivity contribution is 8.13. The number of hydrogen-bond acceptors (Lipinski definition) is 4. The number of methoxy groups -OCH3 is 1. The number of rotatable bonds is 6. The summed E-state index contributed by atoms with van der Waals surface area (Å²) >= 11 is 0. The van der Waals surface area contributed by atoms with Crippen molar-refractivity contribution in [3.63, 3.8) is 0 Å². The monoisotopic (exact) mass is 306 g/mol. The van der Waals surface area contributed by atoms with Crippen LogP contribution in [0.3, 0.4) is 0 Å². The lowest BCUT2D eigenvalue weighted by atomic mass is 10.1. The van der Waals surface area contributed by atoms with Crippen LogP contribution in [0, 0.1) is 13.8 Å². The predicted molar refractivity (Wildman–Crippen MR) is 75.5 cm³/mol. The van der Waals surface area contributed by atoms with Crippen molar-refractivity contribution in [3.05, 3.63) is 23.3 Å². The van der Waals surface area contributed by atoms with Gasteiger partial charge in [0, 0.05) is 30.8 Å². The summed E-state index contributed by atoms with van der Waals surface area (Å²) in [5.41, 5.74) is 1.40. The molecular formula is C13H19ClO4S. The van der Waals surface area contributed by atoms with E-state index in [1.54, 1.807) is 20.1 Å². The molecule has 0 amide bonds. The highest BCUT2D eigenvalue weighted by Gasteiger charge is 2.17. The highest BCUT2D eigenvalue weighted by Crippen LogP contribution is 2.29. The van der Waals surface area contributed by atoms with Crippen LogP contribution in [0.4, 0.5) is 0 Å². The summed E-state index contributed by atoms with van der Waals surface area (Å²) in [4.78, 5) is 0.128. The minimum Gasteiger partial charge on any atom is -0.490 e. The van der Waals surface area contributed by atoms with E-state index in [9.17, 15) is 8.42 Å². The summed E-state index contributed by atoms with van der Waals surface area (Å²) < 4.78 is 33.5. The second-order valence-corrected chi connectivity index (χ2v) is 6.99. The molecule has 1 unspecified atom stereocenters. The minimum absolute atomic E-state index is 0.00323. The highest BCUT2D eigenvalue weighted by atomic mass is 35.7. The molecule has 0 spiro atoms. The summed E-state index contributed by atoms with van der Waals surface area (Å²) in [5, 5.41) is 0. The van der Waals surface area contributed by atoms with Crippen molar-refractivity contribution >= 4 is 19.7 Å². The molecule has 1 rings (SSSR count). The molecule has 108 valence electrons. The van der Waals surface area contributed by atoms with Crippen molar-refractivity contribution in [2.45, 2.75) is 38.2 Å². The van der Waals surface area contributed by atoms with Crippen LogP contribution in [0.5, 0.6) is 5.75 Å². The lowest BCUT2D eigenvalue weighted by molar-refractivity contribution is 0.134. The van der Waals surface area contributed by atoms with Crippen molar-refractivity contribution in [2.75, 3.05) is 13.7 Å². The Bertz CT molecular complexity index is 540. The average molecular weight is 307 g/mol. The van der Waals surface area contributed by atoms with Gasteiger partial charge in [0.05, 0.1) is 11.0 Å². The van der Waals surface area contributed by atoms with E-state index in [0.29, 0.717) is 17.9 Å². The van der Waals surface area contributed by atoms with Crippen molar-refractivity contribution in [2.24, 2.45) is 0 Å². The molecule has 0 aromatic heterocycles. The summed E-state index contributed by atoms with van der Waals surface area (Å²) in [6.45, 7) is 6.10. The van der Waals surface area contributed by atoms with Gasteiger partial charge in [-0.25, -0.2) is 8.42 Å². The van der Waals surface area contributed by atoms with E-state index in [1.807, 2.05) is 13.8 Å². The third-order valence-electron chi connectivity index (χ3n) is 3.01. The maximum Gasteiger partial charge on any atom is 0.261 e. The first-order valence-electron chi connectivity index (χ1n) is 5.97. The Balaban J connectivity index is 2.97. The summed E-state index contributed by atoms with van der Waals surface area (Å²) in [7, 11) is 3.30.